The number of fused-ring (bicyclic) bond motifs is 1. The molecule has 6 nitrogen and oxygen atoms in total. The molecule has 0 spiro atoms. The summed E-state index contributed by atoms with van der Waals surface area (Å²) in [6.45, 7) is 3.72. The average molecular weight is 479 g/mol. The monoisotopic (exact) mass is 478 g/mol. The van der Waals surface area contributed by atoms with Crippen molar-refractivity contribution < 1.29 is 17.9 Å². The lowest BCUT2D eigenvalue weighted by Gasteiger charge is -2.43. The number of sulfonamides is 1. The molecule has 0 aromatic heterocycles. The maximum Gasteiger partial charge on any atom is 0.245 e. The fourth-order valence-corrected chi connectivity index (χ4v) is 6.59. The molecule has 1 atom stereocenters. The third-order valence-electron chi connectivity index (χ3n) is 6.37. The topological polar surface area (TPSA) is 66.9 Å². The van der Waals surface area contributed by atoms with Gasteiger partial charge in [0.2, 0.25) is 10.0 Å². The largest absolute Gasteiger partial charge is 0.497 e. The van der Waals surface area contributed by atoms with Gasteiger partial charge in [0, 0.05) is 25.2 Å². The number of likely N-dealkylation sites (tertiary alicyclic amines) is 1. The van der Waals surface area contributed by atoms with Gasteiger partial charge in [-0.1, -0.05) is 31.2 Å². The van der Waals surface area contributed by atoms with E-state index in [-0.39, 0.29) is 23.1 Å². The van der Waals surface area contributed by atoms with E-state index in [0.717, 1.165) is 38.1 Å². The zero-order valence-electron chi connectivity index (χ0n) is 18.6. The van der Waals surface area contributed by atoms with Crippen LogP contribution in [0.4, 0.5) is 0 Å². The number of carbonyl (C=O) groups is 1. The van der Waals surface area contributed by atoms with Crippen molar-refractivity contribution in [2.45, 2.75) is 43.7 Å². The van der Waals surface area contributed by atoms with Crippen LogP contribution in [0.3, 0.4) is 0 Å². The Balaban J connectivity index is 0.00000289. The lowest BCUT2D eigenvalue weighted by molar-refractivity contribution is 0.0444. The molecule has 2 aliphatic rings. The first-order valence-electron chi connectivity index (χ1n) is 11.0. The molecule has 0 N–H and O–H groups in total. The van der Waals surface area contributed by atoms with Crippen LogP contribution in [-0.4, -0.2) is 56.3 Å². The van der Waals surface area contributed by atoms with Crippen molar-refractivity contribution in [3.05, 3.63) is 59.7 Å². The standard InChI is InChI=1S/C24H30N2O4S.ClH/c1-3-14-26-24(23(27)21-6-4-5-7-22(21)31(26,28)29)25-15-12-19(13-16-25)17-18-8-10-20(30-2)11-9-18;/h4-11,19,24H,3,12-17H2,1-2H3;1H. The quantitative estimate of drug-likeness (QED) is 0.627. The number of nitrogens with zero attached hydrogens (tertiary/aromatic N) is 2. The van der Waals surface area contributed by atoms with Crippen molar-refractivity contribution in [3.8, 4) is 5.75 Å². The van der Waals surface area contributed by atoms with E-state index in [2.05, 4.69) is 17.0 Å². The number of rotatable bonds is 6. The molecule has 0 amide bonds. The molecular weight excluding hydrogens is 448 g/mol. The normalized spacial score (nSPS) is 21.6. The summed E-state index contributed by atoms with van der Waals surface area (Å²) in [4.78, 5) is 15.6. The van der Waals surface area contributed by atoms with Gasteiger partial charge >= 0.3 is 0 Å². The molecule has 1 saturated heterocycles. The number of halogens is 1. The first kappa shape index (κ1) is 24.7. The average Bonchev–Trinajstić information content (AvgIpc) is 2.79. The molecule has 0 aliphatic carbocycles. The molecule has 174 valence electrons. The Bertz CT molecular complexity index is 1030. The Hall–Kier alpha value is -1.93. The molecule has 2 aromatic rings. The minimum atomic E-state index is -3.69. The lowest BCUT2D eigenvalue weighted by atomic mass is 9.89. The summed E-state index contributed by atoms with van der Waals surface area (Å²) in [5.41, 5.74) is 1.59. The van der Waals surface area contributed by atoms with Crippen molar-refractivity contribution in [1.29, 1.82) is 0 Å². The van der Waals surface area contributed by atoms with Gasteiger partial charge in [-0.3, -0.25) is 9.69 Å². The smallest absolute Gasteiger partial charge is 0.245 e. The highest BCUT2D eigenvalue weighted by Crippen LogP contribution is 2.34. The Morgan fingerprint density at radius 1 is 1.03 bits per heavy atom. The van der Waals surface area contributed by atoms with Crippen molar-refractivity contribution in [2.75, 3.05) is 26.7 Å². The minimum Gasteiger partial charge on any atom is -0.497 e. The van der Waals surface area contributed by atoms with Crippen LogP contribution in [-0.2, 0) is 16.4 Å². The molecule has 0 saturated carbocycles. The van der Waals surface area contributed by atoms with E-state index in [1.54, 1.807) is 31.4 Å². The third kappa shape index (κ3) is 4.71. The van der Waals surface area contributed by atoms with Gasteiger partial charge in [-0.25, -0.2) is 8.42 Å². The molecule has 4 rings (SSSR count). The number of Topliss-reactive ketones (excluding diaryl/α,β-unsaturated/α-hetero) is 1. The fraction of sp³-hybridized carbons (Fsp3) is 0.458. The van der Waals surface area contributed by atoms with Crippen LogP contribution in [0.5, 0.6) is 5.75 Å². The van der Waals surface area contributed by atoms with Crippen molar-refractivity contribution in [1.82, 2.24) is 9.21 Å². The number of carbonyl (C=O) groups excluding carboxylic acids is 1. The molecule has 2 heterocycles. The zero-order valence-corrected chi connectivity index (χ0v) is 20.2. The molecule has 1 unspecified atom stereocenters. The summed E-state index contributed by atoms with van der Waals surface area (Å²) in [6, 6.07) is 14.8. The first-order valence-corrected chi connectivity index (χ1v) is 12.4. The Kier molecular flexibility index (Phi) is 7.98. The fourth-order valence-electron chi connectivity index (χ4n) is 4.73. The molecule has 8 heteroatoms. The maximum absolute atomic E-state index is 13.4. The molecule has 1 fully saturated rings. The summed E-state index contributed by atoms with van der Waals surface area (Å²) in [7, 11) is -2.02. The van der Waals surface area contributed by atoms with Crippen LogP contribution in [0.1, 0.15) is 42.1 Å². The number of methoxy groups -OCH3 is 1. The van der Waals surface area contributed by atoms with Gasteiger partial charge < -0.3 is 4.74 Å². The van der Waals surface area contributed by atoms with Crippen LogP contribution in [0.2, 0.25) is 0 Å². The van der Waals surface area contributed by atoms with Crippen LogP contribution in [0.25, 0.3) is 0 Å². The van der Waals surface area contributed by atoms with Gasteiger partial charge in [-0.2, -0.15) is 4.31 Å². The predicted molar refractivity (Wildman–Crippen MR) is 127 cm³/mol. The molecule has 2 aliphatic heterocycles. The van der Waals surface area contributed by atoms with E-state index in [9.17, 15) is 13.2 Å². The van der Waals surface area contributed by atoms with Crippen LogP contribution in [0.15, 0.2) is 53.4 Å². The number of ether oxygens (including phenoxy) is 1. The van der Waals surface area contributed by atoms with Gasteiger partial charge in [0.05, 0.1) is 12.0 Å². The minimum absolute atomic E-state index is 0. The number of benzene rings is 2. The third-order valence-corrected chi connectivity index (χ3v) is 8.28. The van der Waals surface area contributed by atoms with Crippen molar-refractivity contribution in [2.24, 2.45) is 5.92 Å². The summed E-state index contributed by atoms with van der Waals surface area (Å²) in [6.07, 6.45) is 2.80. The second-order valence-electron chi connectivity index (χ2n) is 8.38. The highest BCUT2D eigenvalue weighted by molar-refractivity contribution is 7.89. The van der Waals surface area contributed by atoms with Gasteiger partial charge in [0.1, 0.15) is 11.9 Å². The summed E-state index contributed by atoms with van der Waals surface area (Å²) in [5, 5.41) is 0. The second-order valence-corrected chi connectivity index (χ2v) is 10.2. The highest BCUT2D eigenvalue weighted by Gasteiger charge is 2.46. The number of hydrogen-bond donors (Lipinski definition) is 0. The number of piperidine rings is 1. The van der Waals surface area contributed by atoms with Gasteiger partial charge in [-0.05, 0) is 61.4 Å². The molecule has 0 bridgehead atoms. The second kappa shape index (κ2) is 10.3. The zero-order chi connectivity index (χ0) is 22.0. The highest BCUT2D eigenvalue weighted by atomic mass is 35.5. The van der Waals surface area contributed by atoms with Crippen molar-refractivity contribution >= 4 is 28.2 Å². The predicted octanol–water partition coefficient (Wildman–Crippen LogP) is 3.99. The molecular formula is C24H31ClN2O4S. The Labute approximate surface area is 197 Å². The van der Waals surface area contributed by atoms with E-state index in [0.29, 0.717) is 24.4 Å². The number of hydrogen-bond acceptors (Lipinski definition) is 5. The maximum atomic E-state index is 13.4. The van der Waals surface area contributed by atoms with Crippen LogP contribution < -0.4 is 4.74 Å². The van der Waals surface area contributed by atoms with E-state index >= 15 is 0 Å². The number of ketones is 1. The van der Waals surface area contributed by atoms with Crippen molar-refractivity contribution in [3.63, 3.8) is 0 Å². The SMILES string of the molecule is CCCN1C(N2CCC(Cc3ccc(OC)cc3)CC2)C(=O)c2ccccc2S1(=O)=O.Cl. The van der Waals surface area contributed by atoms with E-state index in [1.165, 1.54) is 9.87 Å². The van der Waals surface area contributed by atoms with E-state index in [4.69, 9.17) is 4.74 Å². The Morgan fingerprint density at radius 2 is 1.69 bits per heavy atom. The van der Waals surface area contributed by atoms with E-state index < -0.39 is 16.2 Å². The first-order chi connectivity index (χ1) is 15.0. The van der Waals surface area contributed by atoms with Gasteiger partial charge in [-0.15, -0.1) is 12.4 Å². The summed E-state index contributed by atoms with van der Waals surface area (Å²) in [5.74, 6) is 1.27. The summed E-state index contributed by atoms with van der Waals surface area (Å²) < 4.78 is 33.2. The van der Waals surface area contributed by atoms with Gasteiger partial charge in [0.25, 0.3) is 0 Å². The van der Waals surface area contributed by atoms with Crippen LogP contribution in [0, 0.1) is 5.92 Å². The molecule has 32 heavy (non-hydrogen) atoms. The Morgan fingerprint density at radius 3 is 2.31 bits per heavy atom. The summed E-state index contributed by atoms with van der Waals surface area (Å²) >= 11 is 0. The van der Waals surface area contributed by atoms with E-state index in [1.807, 2.05) is 19.1 Å². The van der Waals surface area contributed by atoms with Gasteiger partial charge in [0.15, 0.2) is 5.78 Å². The lowest BCUT2D eigenvalue weighted by Crippen LogP contribution is -2.59. The molecule has 0 radical (unpaired) electrons. The van der Waals surface area contributed by atoms with Crippen LogP contribution >= 0.6 is 12.4 Å². The molecule has 2 aromatic carbocycles.